The van der Waals surface area contributed by atoms with Gasteiger partial charge in [0.05, 0.1) is 5.69 Å². The van der Waals surface area contributed by atoms with Gasteiger partial charge < -0.3 is 15.8 Å². The Morgan fingerprint density at radius 3 is 2.70 bits per heavy atom. The van der Waals surface area contributed by atoms with Crippen LogP contribution in [-0.2, 0) is 4.79 Å². The molecule has 2 rings (SSSR count). The lowest BCUT2D eigenvalue weighted by Gasteiger charge is -2.14. The standard InChI is InChI=1S/C18H21N3O2/c1-14(18(22)21-13-11-19)23-17-9-6-15(7-10-17)5-8-16-4-2-3-12-20-16/h2-10,12,14H,11,13,19H2,1H3,(H,21,22)/b8-5+. The summed E-state index contributed by atoms with van der Waals surface area (Å²) in [7, 11) is 0. The molecule has 1 unspecified atom stereocenters. The zero-order chi connectivity index (χ0) is 16.5. The maximum atomic E-state index is 11.7. The van der Waals surface area contributed by atoms with Crippen LogP contribution >= 0.6 is 0 Å². The normalized spacial score (nSPS) is 12.1. The minimum Gasteiger partial charge on any atom is -0.481 e. The Kier molecular flexibility index (Phi) is 6.32. The number of nitrogens with zero attached hydrogens (tertiary/aromatic N) is 1. The highest BCUT2D eigenvalue weighted by molar-refractivity contribution is 5.80. The quantitative estimate of drug-likeness (QED) is 0.821. The van der Waals surface area contributed by atoms with Crippen molar-refractivity contribution in [2.75, 3.05) is 13.1 Å². The number of hydrogen-bond donors (Lipinski definition) is 2. The second-order valence-corrected chi connectivity index (χ2v) is 5.00. The van der Waals surface area contributed by atoms with Crippen LogP contribution in [0, 0.1) is 0 Å². The van der Waals surface area contributed by atoms with E-state index in [1.54, 1.807) is 13.1 Å². The highest BCUT2D eigenvalue weighted by Crippen LogP contribution is 2.15. The number of amides is 1. The maximum Gasteiger partial charge on any atom is 0.260 e. The number of nitrogens with two attached hydrogens (primary N) is 1. The predicted octanol–water partition coefficient (Wildman–Crippen LogP) is 2.09. The smallest absolute Gasteiger partial charge is 0.260 e. The Morgan fingerprint density at radius 1 is 1.26 bits per heavy atom. The molecule has 1 atom stereocenters. The summed E-state index contributed by atoms with van der Waals surface area (Å²) in [6.45, 7) is 2.57. The van der Waals surface area contributed by atoms with Crippen molar-refractivity contribution in [1.82, 2.24) is 10.3 Å². The molecule has 0 radical (unpaired) electrons. The molecule has 2 aromatic rings. The number of ether oxygens (including phenoxy) is 1. The second-order valence-electron chi connectivity index (χ2n) is 5.00. The summed E-state index contributed by atoms with van der Waals surface area (Å²) in [6.07, 6.45) is 5.12. The molecule has 0 saturated carbocycles. The summed E-state index contributed by atoms with van der Waals surface area (Å²) in [6, 6.07) is 13.3. The molecule has 1 amide bonds. The van der Waals surface area contributed by atoms with Crippen LogP contribution < -0.4 is 15.8 Å². The van der Waals surface area contributed by atoms with Crippen LogP contribution in [-0.4, -0.2) is 30.1 Å². The third kappa shape index (κ3) is 5.56. The fourth-order valence-corrected chi connectivity index (χ4v) is 1.91. The van der Waals surface area contributed by atoms with E-state index >= 15 is 0 Å². The molecule has 0 saturated heterocycles. The largest absolute Gasteiger partial charge is 0.481 e. The monoisotopic (exact) mass is 311 g/mol. The lowest BCUT2D eigenvalue weighted by molar-refractivity contribution is -0.127. The molecule has 5 nitrogen and oxygen atoms in total. The SMILES string of the molecule is CC(Oc1ccc(/C=C/c2ccccn2)cc1)C(=O)NCCN. The van der Waals surface area contributed by atoms with E-state index in [0.717, 1.165) is 11.3 Å². The van der Waals surface area contributed by atoms with E-state index in [1.165, 1.54) is 0 Å². The molecule has 5 heteroatoms. The van der Waals surface area contributed by atoms with Gasteiger partial charge in [-0.15, -0.1) is 0 Å². The summed E-state index contributed by atoms with van der Waals surface area (Å²) in [5.74, 6) is 0.477. The van der Waals surface area contributed by atoms with Crippen molar-refractivity contribution in [3.63, 3.8) is 0 Å². The van der Waals surface area contributed by atoms with Crippen LogP contribution in [0.2, 0.25) is 0 Å². The third-order valence-electron chi connectivity index (χ3n) is 3.14. The molecule has 23 heavy (non-hydrogen) atoms. The van der Waals surface area contributed by atoms with Crippen molar-refractivity contribution in [1.29, 1.82) is 0 Å². The molecule has 0 bridgehead atoms. The van der Waals surface area contributed by atoms with E-state index in [2.05, 4.69) is 10.3 Å². The first kappa shape index (κ1) is 16.7. The van der Waals surface area contributed by atoms with E-state index in [-0.39, 0.29) is 5.91 Å². The van der Waals surface area contributed by atoms with Crippen LogP contribution in [0.1, 0.15) is 18.2 Å². The number of nitrogens with one attached hydrogen (secondary N) is 1. The fraction of sp³-hybridized carbons (Fsp3) is 0.222. The zero-order valence-corrected chi connectivity index (χ0v) is 13.1. The Labute approximate surface area is 136 Å². The maximum absolute atomic E-state index is 11.7. The topological polar surface area (TPSA) is 77.2 Å². The molecule has 0 aliphatic heterocycles. The summed E-state index contributed by atoms with van der Waals surface area (Å²) < 4.78 is 5.60. The number of pyridine rings is 1. The van der Waals surface area contributed by atoms with E-state index in [0.29, 0.717) is 18.8 Å². The lowest BCUT2D eigenvalue weighted by Crippen LogP contribution is -2.38. The molecule has 1 aromatic heterocycles. The Balaban J connectivity index is 1.91. The van der Waals surface area contributed by atoms with Gasteiger partial charge in [0, 0.05) is 19.3 Å². The average molecular weight is 311 g/mol. The highest BCUT2D eigenvalue weighted by Gasteiger charge is 2.13. The Hall–Kier alpha value is -2.66. The molecular weight excluding hydrogens is 290 g/mol. The highest BCUT2D eigenvalue weighted by atomic mass is 16.5. The van der Waals surface area contributed by atoms with Gasteiger partial charge in [-0.05, 0) is 42.8 Å². The number of rotatable bonds is 7. The van der Waals surface area contributed by atoms with Crippen molar-refractivity contribution >= 4 is 18.1 Å². The fourth-order valence-electron chi connectivity index (χ4n) is 1.91. The van der Waals surface area contributed by atoms with Crippen molar-refractivity contribution in [3.8, 4) is 5.75 Å². The first-order valence-electron chi connectivity index (χ1n) is 7.52. The molecule has 3 N–H and O–H groups in total. The molecular formula is C18H21N3O2. The number of benzene rings is 1. The first-order valence-corrected chi connectivity index (χ1v) is 7.52. The van der Waals surface area contributed by atoms with Crippen LogP contribution in [0.4, 0.5) is 0 Å². The average Bonchev–Trinajstić information content (AvgIpc) is 2.60. The molecule has 0 fully saturated rings. The van der Waals surface area contributed by atoms with Crippen molar-refractivity contribution in [2.24, 2.45) is 5.73 Å². The minimum absolute atomic E-state index is 0.172. The summed E-state index contributed by atoms with van der Waals surface area (Å²) >= 11 is 0. The molecule has 0 aliphatic rings. The molecule has 1 aromatic carbocycles. The lowest BCUT2D eigenvalue weighted by atomic mass is 10.2. The van der Waals surface area contributed by atoms with Gasteiger partial charge in [-0.25, -0.2) is 0 Å². The van der Waals surface area contributed by atoms with E-state index < -0.39 is 6.10 Å². The van der Waals surface area contributed by atoms with Gasteiger partial charge in [0.25, 0.3) is 5.91 Å². The molecule has 0 spiro atoms. The van der Waals surface area contributed by atoms with Gasteiger partial charge in [0.2, 0.25) is 0 Å². The van der Waals surface area contributed by atoms with E-state index in [1.807, 2.05) is 54.6 Å². The van der Waals surface area contributed by atoms with Gasteiger partial charge in [0.15, 0.2) is 6.10 Å². The predicted molar refractivity (Wildman–Crippen MR) is 91.8 cm³/mol. The Bertz CT molecular complexity index is 639. The minimum atomic E-state index is -0.559. The number of hydrogen-bond acceptors (Lipinski definition) is 4. The van der Waals surface area contributed by atoms with Gasteiger partial charge in [-0.1, -0.05) is 24.3 Å². The van der Waals surface area contributed by atoms with Gasteiger partial charge in [-0.2, -0.15) is 0 Å². The zero-order valence-electron chi connectivity index (χ0n) is 13.1. The van der Waals surface area contributed by atoms with Gasteiger partial charge >= 0.3 is 0 Å². The van der Waals surface area contributed by atoms with E-state index in [9.17, 15) is 4.79 Å². The summed E-state index contributed by atoms with van der Waals surface area (Å²) in [5.41, 5.74) is 7.28. The summed E-state index contributed by atoms with van der Waals surface area (Å²) in [5, 5.41) is 2.70. The van der Waals surface area contributed by atoms with Gasteiger partial charge in [-0.3, -0.25) is 9.78 Å². The van der Waals surface area contributed by atoms with Crippen LogP contribution in [0.3, 0.4) is 0 Å². The molecule has 0 aliphatic carbocycles. The third-order valence-corrected chi connectivity index (χ3v) is 3.14. The van der Waals surface area contributed by atoms with Crippen LogP contribution in [0.5, 0.6) is 5.75 Å². The van der Waals surface area contributed by atoms with Crippen molar-refractivity contribution < 1.29 is 9.53 Å². The number of carbonyl (C=O) groups is 1. The van der Waals surface area contributed by atoms with E-state index in [4.69, 9.17) is 10.5 Å². The molecule has 1 heterocycles. The number of aromatic nitrogens is 1. The van der Waals surface area contributed by atoms with Crippen molar-refractivity contribution in [3.05, 3.63) is 59.9 Å². The summed E-state index contributed by atoms with van der Waals surface area (Å²) in [4.78, 5) is 16.0. The first-order chi connectivity index (χ1) is 11.2. The van der Waals surface area contributed by atoms with Gasteiger partial charge in [0.1, 0.15) is 5.75 Å². The molecule has 120 valence electrons. The second kappa shape index (κ2) is 8.70. The van der Waals surface area contributed by atoms with Crippen LogP contribution in [0.25, 0.3) is 12.2 Å². The number of carbonyl (C=O) groups excluding carboxylic acids is 1. The van der Waals surface area contributed by atoms with Crippen molar-refractivity contribution in [2.45, 2.75) is 13.0 Å². The Morgan fingerprint density at radius 2 is 2.04 bits per heavy atom. The van der Waals surface area contributed by atoms with Crippen LogP contribution in [0.15, 0.2) is 48.7 Å².